The largest absolute Gasteiger partial charge is 0.481 e. The Hall–Kier alpha value is -4.34. The Balaban J connectivity index is 1.48. The summed E-state index contributed by atoms with van der Waals surface area (Å²) in [4.78, 5) is 30.3. The maximum atomic E-state index is 12.7. The van der Waals surface area contributed by atoms with E-state index in [1.54, 1.807) is 7.11 Å². The van der Waals surface area contributed by atoms with E-state index in [0.717, 1.165) is 27.9 Å². The Kier molecular flexibility index (Phi) is 7.94. The number of amides is 1. The van der Waals surface area contributed by atoms with Crippen molar-refractivity contribution in [1.82, 2.24) is 30.4 Å². The number of ether oxygens (including phenoxy) is 1. The average Bonchev–Trinajstić information content (AvgIpc) is 3.40. The molecule has 3 aromatic heterocycles. The first-order valence-electron chi connectivity index (χ1n) is 12.9. The van der Waals surface area contributed by atoms with Crippen LogP contribution in [-0.2, 0) is 5.41 Å². The third kappa shape index (κ3) is 6.39. The summed E-state index contributed by atoms with van der Waals surface area (Å²) in [6, 6.07) is 11.5. The number of aromatic nitrogens is 5. The molecule has 4 rings (SSSR count). The smallest absolute Gasteiger partial charge is 0.315 e. The number of hydrogen-bond donors (Lipinski definition) is 2. The van der Waals surface area contributed by atoms with Crippen molar-refractivity contribution < 1.29 is 14.1 Å². The maximum absolute atomic E-state index is 12.7. The van der Waals surface area contributed by atoms with Crippen molar-refractivity contribution in [3.8, 4) is 17.1 Å². The van der Waals surface area contributed by atoms with Gasteiger partial charge >= 0.3 is 11.8 Å². The van der Waals surface area contributed by atoms with Crippen LogP contribution in [0.3, 0.4) is 0 Å². The summed E-state index contributed by atoms with van der Waals surface area (Å²) >= 11 is 0. The molecule has 0 unspecified atom stereocenters. The average molecular weight is 530 g/mol. The molecule has 1 amide bonds. The first-order chi connectivity index (χ1) is 18.5. The molecule has 204 valence electrons. The highest BCUT2D eigenvalue weighted by Crippen LogP contribution is 2.29. The van der Waals surface area contributed by atoms with E-state index in [0.29, 0.717) is 29.3 Å². The quantitative estimate of drug-likeness (QED) is 0.287. The highest BCUT2D eigenvalue weighted by molar-refractivity contribution is 5.89. The van der Waals surface area contributed by atoms with E-state index in [4.69, 9.17) is 9.26 Å². The number of rotatable bonds is 8. The van der Waals surface area contributed by atoms with Crippen LogP contribution >= 0.6 is 0 Å². The SMILES string of the molecule is COc1nc(Nc2cc(-c3ccc([C@@H](C)NC(=O)c4nc(C(C)(C)C)no4)c(C)c3)ncn2)ccc1C(C)C. The van der Waals surface area contributed by atoms with Crippen LogP contribution in [-0.4, -0.2) is 38.1 Å². The van der Waals surface area contributed by atoms with Crippen molar-refractivity contribution in [3.05, 3.63) is 71.1 Å². The number of pyridine rings is 1. The Labute approximate surface area is 228 Å². The van der Waals surface area contributed by atoms with Gasteiger partial charge in [0.1, 0.15) is 18.0 Å². The Bertz CT molecular complexity index is 1470. The van der Waals surface area contributed by atoms with E-state index in [-0.39, 0.29) is 17.3 Å². The molecular formula is C29H35N7O3. The summed E-state index contributed by atoms with van der Waals surface area (Å²) in [6.45, 7) is 14.0. The molecule has 4 aromatic rings. The fourth-order valence-corrected chi connectivity index (χ4v) is 4.12. The Morgan fingerprint density at radius 2 is 1.72 bits per heavy atom. The van der Waals surface area contributed by atoms with Crippen molar-refractivity contribution in [2.24, 2.45) is 0 Å². The second kappa shape index (κ2) is 11.2. The van der Waals surface area contributed by atoms with Gasteiger partial charge in [0.2, 0.25) is 5.88 Å². The summed E-state index contributed by atoms with van der Waals surface area (Å²) in [5, 5.41) is 10.1. The fourth-order valence-electron chi connectivity index (χ4n) is 4.12. The van der Waals surface area contributed by atoms with Crippen LogP contribution in [0.5, 0.6) is 5.88 Å². The molecule has 3 heterocycles. The van der Waals surface area contributed by atoms with Gasteiger partial charge in [-0.25, -0.2) is 9.97 Å². The normalized spacial score (nSPS) is 12.3. The van der Waals surface area contributed by atoms with Gasteiger partial charge in [0.15, 0.2) is 5.82 Å². The molecule has 0 aliphatic rings. The minimum atomic E-state index is -0.410. The van der Waals surface area contributed by atoms with E-state index in [1.807, 2.05) is 71.0 Å². The van der Waals surface area contributed by atoms with Gasteiger partial charge in [-0.1, -0.05) is 51.9 Å². The highest BCUT2D eigenvalue weighted by atomic mass is 16.5. The summed E-state index contributed by atoms with van der Waals surface area (Å²) < 4.78 is 10.6. The zero-order chi connectivity index (χ0) is 28.3. The monoisotopic (exact) mass is 529 g/mol. The van der Waals surface area contributed by atoms with E-state index >= 15 is 0 Å². The van der Waals surface area contributed by atoms with Crippen LogP contribution < -0.4 is 15.4 Å². The minimum absolute atomic E-state index is 0.0481. The molecule has 1 aromatic carbocycles. The second-order valence-corrected chi connectivity index (χ2v) is 10.8. The van der Waals surface area contributed by atoms with Crippen molar-refractivity contribution >= 4 is 17.5 Å². The number of hydrogen-bond acceptors (Lipinski definition) is 9. The van der Waals surface area contributed by atoms with Gasteiger partial charge in [-0.2, -0.15) is 9.97 Å². The van der Waals surface area contributed by atoms with E-state index in [1.165, 1.54) is 6.33 Å². The van der Waals surface area contributed by atoms with Crippen molar-refractivity contribution in [1.29, 1.82) is 0 Å². The maximum Gasteiger partial charge on any atom is 0.315 e. The van der Waals surface area contributed by atoms with E-state index in [2.05, 4.69) is 49.6 Å². The molecule has 0 saturated heterocycles. The lowest BCUT2D eigenvalue weighted by Gasteiger charge is -2.17. The van der Waals surface area contributed by atoms with E-state index in [9.17, 15) is 4.79 Å². The Morgan fingerprint density at radius 3 is 2.36 bits per heavy atom. The van der Waals surface area contributed by atoms with Crippen LogP contribution in [0.2, 0.25) is 0 Å². The topological polar surface area (TPSA) is 128 Å². The van der Waals surface area contributed by atoms with Crippen molar-refractivity contribution in [3.63, 3.8) is 0 Å². The molecule has 0 aliphatic carbocycles. The zero-order valence-electron chi connectivity index (χ0n) is 23.7. The first kappa shape index (κ1) is 27.7. The molecule has 39 heavy (non-hydrogen) atoms. The standard InChI is InChI=1S/C29H35N7O3/c1-16(2)20-11-12-23(34-26(20)38-8)33-24-14-22(30-15-31-24)19-9-10-21(17(3)13-19)18(4)32-25(37)27-35-28(36-39-27)29(5,6)7/h9-16,18H,1-8H3,(H,32,37)(H,30,31,33,34)/t18-/m1/s1. The number of methoxy groups -OCH3 is 1. The molecule has 10 nitrogen and oxygen atoms in total. The van der Waals surface area contributed by atoms with Crippen molar-refractivity contribution in [2.45, 2.75) is 65.8 Å². The summed E-state index contributed by atoms with van der Waals surface area (Å²) in [5.41, 5.74) is 4.39. The number of aryl methyl sites for hydroxylation is 1. The third-order valence-electron chi connectivity index (χ3n) is 6.30. The number of nitrogens with one attached hydrogen (secondary N) is 2. The predicted octanol–water partition coefficient (Wildman–Crippen LogP) is 5.89. The molecule has 0 radical (unpaired) electrons. The zero-order valence-corrected chi connectivity index (χ0v) is 23.7. The van der Waals surface area contributed by atoms with Crippen LogP contribution in [0.25, 0.3) is 11.3 Å². The van der Waals surface area contributed by atoms with Gasteiger partial charge in [0.25, 0.3) is 0 Å². The van der Waals surface area contributed by atoms with Gasteiger partial charge in [-0.3, -0.25) is 4.79 Å². The molecule has 0 saturated carbocycles. The molecule has 0 bridgehead atoms. The van der Waals surface area contributed by atoms with Crippen molar-refractivity contribution in [2.75, 3.05) is 12.4 Å². The molecule has 0 aliphatic heterocycles. The summed E-state index contributed by atoms with van der Waals surface area (Å²) in [6.07, 6.45) is 1.51. The first-order valence-corrected chi connectivity index (χ1v) is 12.9. The van der Waals surface area contributed by atoms with Crippen LogP contribution in [0.1, 0.15) is 86.7 Å². The predicted molar refractivity (Wildman–Crippen MR) is 149 cm³/mol. The third-order valence-corrected chi connectivity index (χ3v) is 6.30. The summed E-state index contributed by atoms with van der Waals surface area (Å²) in [5.74, 6) is 2.17. The van der Waals surface area contributed by atoms with Gasteiger partial charge in [0, 0.05) is 22.6 Å². The lowest BCUT2D eigenvalue weighted by Crippen LogP contribution is -2.27. The lowest BCUT2D eigenvalue weighted by atomic mass is 9.96. The fraction of sp³-hybridized carbons (Fsp3) is 0.379. The van der Waals surface area contributed by atoms with Gasteiger partial charge < -0.3 is 19.9 Å². The minimum Gasteiger partial charge on any atom is -0.481 e. The van der Waals surface area contributed by atoms with Crippen LogP contribution in [0.4, 0.5) is 11.6 Å². The van der Waals surface area contributed by atoms with Gasteiger partial charge in [-0.05, 0) is 49.1 Å². The number of carbonyl (C=O) groups is 1. The van der Waals surface area contributed by atoms with Gasteiger partial charge in [0.05, 0.1) is 18.8 Å². The molecule has 10 heteroatoms. The molecule has 1 atom stereocenters. The lowest BCUT2D eigenvalue weighted by molar-refractivity contribution is 0.0895. The number of anilines is 2. The Morgan fingerprint density at radius 1 is 0.974 bits per heavy atom. The molecule has 0 spiro atoms. The van der Waals surface area contributed by atoms with Gasteiger partial charge in [-0.15, -0.1) is 0 Å². The molecule has 2 N–H and O–H groups in total. The second-order valence-electron chi connectivity index (χ2n) is 10.8. The summed E-state index contributed by atoms with van der Waals surface area (Å²) in [7, 11) is 1.62. The number of nitrogens with zero attached hydrogens (tertiary/aromatic N) is 5. The van der Waals surface area contributed by atoms with E-state index < -0.39 is 5.91 Å². The number of carbonyl (C=O) groups excluding carboxylic acids is 1. The van der Waals surface area contributed by atoms with Crippen LogP contribution in [0.15, 0.2) is 47.2 Å². The molecular weight excluding hydrogens is 494 g/mol. The highest BCUT2D eigenvalue weighted by Gasteiger charge is 2.25. The number of benzene rings is 1. The van der Waals surface area contributed by atoms with Crippen LogP contribution in [0, 0.1) is 6.92 Å². The molecule has 0 fully saturated rings.